The molecule has 1 aliphatic heterocycles. The van der Waals surface area contributed by atoms with Crippen molar-refractivity contribution < 1.29 is 4.39 Å². The van der Waals surface area contributed by atoms with E-state index in [1.54, 1.807) is 6.07 Å². The third kappa shape index (κ3) is 1.59. The molecule has 1 aromatic carbocycles. The molecule has 0 aromatic heterocycles. The maximum absolute atomic E-state index is 13.5. The van der Waals surface area contributed by atoms with Crippen LogP contribution < -0.4 is 5.32 Å². The van der Waals surface area contributed by atoms with E-state index in [1.165, 1.54) is 6.07 Å². The van der Waals surface area contributed by atoms with Gasteiger partial charge in [-0.05, 0) is 37.6 Å². The van der Waals surface area contributed by atoms with Crippen LogP contribution >= 0.6 is 15.9 Å². The van der Waals surface area contributed by atoms with Crippen molar-refractivity contribution in [2.45, 2.75) is 25.3 Å². The van der Waals surface area contributed by atoms with Crippen molar-refractivity contribution in [1.29, 1.82) is 0 Å². The Labute approximate surface area is 91.8 Å². The van der Waals surface area contributed by atoms with Crippen LogP contribution in [0, 0.1) is 5.82 Å². The van der Waals surface area contributed by atoms with Gasteiger partial charge in [0.1, 0.15) is 5.82 Å². The Morgan fingerprint density at radius 3 is 2.71 bits per heavy atom. The van der Waals surface area contributed by atoms with E-state index in [-0.39, 0.29) is 17.3 Å². The quantitative estimate of drug-likeness (QED) is 0.816. The summed E-state index contributed by atoms with van der Waals surface area (Å²) in [5, 5.41) is 3.30. The van der Waals surface area contributed by atoms with Gasteiger partial charge in [-0.3, -0.25) is 0 Å². The molecule has 0 radical (unpaired) electrons. The molecule has 1 N–H and O–H groups in total. The highest BCUT2D eigenvalue weighted by Crippen LogP contribution is 2.36. The third-order valence-electron chi connectivity index (χ3n) is 2.97. The molecule has 3 heteroatoms. The molecule has 2 rings (SSSR count). The van der Waals surface area contributed by atoms with Crippen molar-refractivity contribution in [2.24, 2.45) is 0 Å². The molecule has 14 heavy (non-hydrogen) atoms. The molecule has 1 saturated heterocycles. The fourth-order valence-electron chi connectivity index (χ4n) is 1.89. The standard InChI is InChI=1S/C11H13BrFN/c1-11(2)9(6-14-11)8-5-7(12)3-4-10(8)13/h3-5,9,14H,6H2,1-2H3. The first-order valence-electron chi connectivity index (χ1n) is 4.71. The average Bonchev–Trinajstić information content (AvgIpc) is 2.10. The third-order valence-corrected chi connectivity index (χ3v) is 3.46. The summed E-state index contributed by atoms with van der Waals surface area (Å²) in [5.74, 6) is 0.174. The lowest BCUT2D eigenvalue weighted by Crippen LogP contribution is -2.59. The van der Waals surface area contributed by atoms with E-state index in [0.717, 1.165) is 16.6 Å². The van der Waals surface area contributed by atoms with Gasteiger partial charge >= 0.3 is 0 Å². The largest absolute Gasteiger partial charge is 0.310 e. The van der Waals surface area contributed by atoms with Crippen molar-refractivity contribution in [2.75, 3.05) is 6.54 Å². The van der Waals surface area contributed by atoms with Gasteiger partial charge in [0.2, 0.25) is 0 Å². The summed E-state index contributed by atoms with van der Waals surface area (Å²) in [7, 11) is 0. The summed E-state index contributed by atoms with van der Waals surface area (Å²) in [6.07, 6.45) is 0. The number of hydrogen-bond acceptors (Lipinski definition) is 1. The lowest BCUT2D eigenvalue weighted by atomic mass is 9.75. The van der Waals surface area contributed by atoms with Gasteiger partial charge in [0.25, 0.3) is 0 Å². The Morgan fingerprint density at radius 1 is 1.50 bits per heavy atom. The molecule has 1 aromatic rings. The van der Waals surface area contributed by atoms with Gasteiger partial charge in [-0.25, -0.2) is 4.39 Å². The van der Waals surface area contributed by atoms with Crippen LogP contribution in [0.3, 0.4) is 0 Å². The molecule has 0 aliphatic carbocycles. The fraction of sp³-hybridized carbons (Fsp3) is 0.455. The minimum absolute atomic E-state index is 0.0155. The van der Waals surface area contributed by atoms with E-state index in [9.17, 15) is 4.39 Å². The molecule has 0 amide bonds. The van der Waals surface area contributed by atoms with E-state index >= 15 is 0 Å². The highest BCUT2D eigenvalue weighted by molar-refractivity contribution is 9.10. The molecule has 0 saturated carbocycles. The molecule has 1 nitrogen and oxygen atoms in total. The Bertz CT molecular complexity index is 362. The van der Waals surface area contributed by atoms with E-state index in [0.29, 0.717) is 0 Å². The molecular formula is C11H13BrFN. The van der Waals surface area contributed by atoms with Gasteiger partial charge in [0, 0.05) is 22.5 Å². The number of halogens is 2. The molecular weight excluding hydrogens is 245 g/mol. The first kappa shape index (κ1) is 10.1. The molecule has 1 fully saturated rings. The molecule has 1 unspecified atom stereocenters. The van der Waals surface area contributed by atoms with Gasteiger partial charge in [-0.1, -0.05) is 15.9 Å². The van der Waals surface area contributed by atoms with Crippen LogP contribution in [0.4, 0.5) is 4.39 Å². The smallest absolute Gasteiger partial charge is 0.126 e. The highest BCUT2D eigenvalue weighted by Gasteiger charge is 2.40. The fourth-order valence-corrected chi connectivity index (χ4v) is 2.27. The minimum Gasteiger partial charge on any atom is -0.310 e. The average molecular weight is 258 g/mol. The Morgan fingerprint density at radius 2 is 2.21 bits per heavy atom. The topological polar surface area (TPSA) is 12.0 Å². The summed E-state index contributed by atoms with van der Waals surface area (Å²) in [6, 6.07) is 5.13. The van der Waals surface area contributed by atoms with Crippen LogP contribution in [0.1, 0.15) is 25.3 Å². The number of nitrogens with one attached hydrogen (secondary N) is 1. The first-order chi connectivity index (χ1) is 6.50. The Balaban J connectivity index is 2.37. The first-order valence-corrected chi connectivity index (χ1v) is 5.50. The maximum atomic E-state index is 13.5. The van der Waals surface area contributed by atoms with Gasteiger partial charge < -0.3 is 5.32 Å². The molecule has 1 aliphatic rings. The van der Waals surface area contributed by atoms with Crippen LogP contribution in [-0.4, -0.2) is 12.1 Å². The van der Waals surface area contributed by atoms with Gasteiger partial charge in [0.05, 0.1) is 0 Å². The molecule has 76 valence electrons. The zero-order valence-electron chi connectivity index (χ0n) is 8.27. The highest BCUT2D eigenvalue weighted by atomic mass is 79.9. The monoisotopic (exact) mass is 257 g/mol. The van der Waals surface area contributed by atoms with E-state index in [4.69, 9.17) is 0 Å². The lowest BCUT2D eigenvalue weighted by molar-refractivity contribution is 0.204. The van der Waals surface area contributed by atoms with Gasteiger partial charge in [0.15, 0.2) is 0 Å². The Hall–Kier alpha value is -0.410. The van der Waals surface area contributed by atoms with E-state index in [2.05, 4.69) is 35.1 Å². The van der Waals surface area contributed by atoms with Crippen LogP contribution in [-0.2, 0) is 0 Å². The zero-order valence-corrected chi connectivity index (χ0v) is 9.86. The van der Waals surface area contributed by atoms with Crippen LogP contribution in [0.15, 0.2) is 22.7 Å². The normalized spacial score (nSPS) is 24.4. The predicted octanol–water partition coefficient (Wildman–Crippen LogP) is 3.05. The van der Waals surface area contributed by atoms with Gasteiger partial charge in [-0.2, -0.15) is 0 Å². The second kappa shape index (κ2) is 3.31. The van der Waals surface area contributed by atoms with E-state index in [1.807, 2.05) is 6.07 Å². The summed E-state index contributed by atoms with van der Waals surface area (Å²) < 4.78 is 14.5. The molecule has 1 atom stereocenters. The van der Waals surface area contributed by atoms with Crippen LogP contribution in [0.25, 0.3) is 0 Å². The second-order valence-corrected chi connectivity index (χ2v) is 5.24. The molecule has 0 bridgehead atoms. The van der Waals surface area contributed by atoms with Crippen molar-refractivity contribution in [3.63, 3.8) is 0 Å². The van der Waals surface area contributed by atoms with E-state index < -0.39 is 0 Å². The molecule has 1 heterocycles. The lowest BCUT2D eigenvalue weighted by Gasteiger charge is -2.46. The van der Waals surface area contributed by atoms with Crippen molar-refractivity contribution in [3.8, 4) is 0 Å². The molecule has 0 spiro atoms. The second-order valence-electron chi connectivity index (χ2n) is 4.32. The predicted molar refractivity (Wildman–Crippen MR) is 58.9 cm³/mol. The minimum atomic E-state index is -0.104. The summed E-state index contributed by atoms with van der Waals surface area (Å²) >= 11 is 3.37. The summed E-state index contributed by atoms with van der Waals surface area (Å²) in [4.78, 5) is 0. The number of hydrogen-bond donors (Lipinski definition) is 1. The van der Waals surface area contributed by atoms with Gasteiger partial charge in [-0.15, -0.1) is 0 Å². The number of rotatable bonds is 1. The SMILES string of the molecule is CC1(C)NCC1c1cc(Br)ccc1F. The Kier molecular flexibility index (Phi) is 2.40. The zero-order chi connectivity index (χ0) is 10.3. The number of benzene rings is 1. The summed E-state index contributed by atoms with van der Waals surface area (Å²) in [6.45, 7) is 5.06. The van der Waals surface area contributed by atoms with Crippen molar-refractivity contribution >= 4 is 15.9 Å². The summed E-state index contributed by atoms with van der Waals surface area (Å²) in [5.41, 5.74) is 0.824. The van der Waals surface area contributed by atoms with Crippen LogP contribution in [0.2, 0.25) is 0 Å². The maximum Gasteiger partial charge on any atom is 0.126 e. The van der Waals surface area contributed by atoms with Crippen LogP contribution in [0.5, 0.6) is 0 Å². The van der Waals surface area contributed by atoms with Crippen molar-refractivity contribution in [3.05, 3.63) is 34.1 Å². The van der Waals surface area contributed by atoms with Crippen molar-refractivity contribution in [1.82, 2.24) is 5.32 Å².